The van der Waals surface area contributed by atoms with Crippen molar-refractivity contribution >= 4 is 11.6 Å². The number of carbonyl (C=O) groups is 1. The molecule has 0 atom stereocenters. The quantitative estimate of drug-likeness (QED) is 0.680. The van der Waals surface area contributed by atoms with Gasteiger partial charge in [-0.1, -0.05) is 35.9 Å². The minimum Gasteiger partial charge on any atom is -0.303 e. The fourth-order valence-electron chi connectivity index (χ4n) is 2.64. The maximum absolute atomic E-state index is 14.3. The average Bonchev–Trinajstić information content (AvgIpc) is 2.63. The number of benzene rings is 2. The Labute approximate surface area is 150 Å². The maximum atomic E-state index is 14.3. The Morgan fingerprint density at radius 3 is 2.46 bits per heavy atom. The first-order chi connectivity index (χ1) is 12.5. The first-order valence-corrected chi connectivity index (χ1v) is 8.24. The van der Waals surface area contributed by atoms with Crippen LogP contribution >= 0.6 is 0 Å². The summed E-state index contributed by atoms with van der Waals surface area (Å²) in [4.78, 5) is 18.4. The molecule has 132 valence electrons. The average molecular weight is 352 g/mol. The van der Waals surface area contributed by atoms with Gasteiger partial charge in [0, 0.05) is 12.3 Å². The van der Waals surface area contributed by atoms with E-state index in [-0.39, 0.29) is 24.6 Å². The molecular formula is C21H18F2N2O. The van der Waals surface area contributed by atoms with Gasteiger partial charge in [0.1, 0.15) is 11.6 Å². The van der Waals surface area contributed by atoms with E-state index >= 15 is 0 Å². The fourth-order valence-corrected chi connectivity index (χ4v) is 2.64. The molecule has 26 heavy (non-hydrogen) atoms. The van der Waals surface area contributed by atoms with Crippen molar-refractivity contribution < 1.29 is 13.6 Å². The molecule has 5 heteroatoms. The summed E-state index contributed by atoms with van der Waals surface area (Å²) in [6.45, 7) is 2.07. The van der Waals surface area contributed by atoms with Crippen LogP contribution in [-0.4, -0.2) is 10.9 Å². The van der Waals surface area contributed by atoms with Gasteiger partial charge in [0.2, 0.25) is 5.91 Å². The van der Waals surface area contributed by atoms with Crippen LogP contribution < -0.4 is 4.90 Å². The van der Waals surface area contributed by atoms with Crippen LogP contribution in [0, 0.1) is 18.6 Å². The molecule has 0 bridgehead atoms. The Bertz CT molecular complexity index is 896. The van der Waals surface area contributed by atoms with Crippen LogP contribution in [0.4, 0.5) is 14.5 Å². The van der Waals surface area contributed by atoms with Gasteiger partial charge in [0.15, 0.2) is 0 Å². The van der Waals surface area contributed by atoms with Gasteiger partial charge in [-0.3, -0.25) is 9.78 Å². The second-order valence-electron chi connectivity index (χ2n) is 6.06. The number of anilines is 1. The number of carbonyl (C=O) groups excluding carboxylic acids is 1. The van der Waals surface area contributed by atoms with Crippen molar-refractivity contribution in [3.63, 3.8) is 0 Å². The van der Waals surface area contributed by atoms with E-state index in [4.69, 9.17) is 0 Å². The summed E-state index contributed by atoms with van der Waals surface area (Å²) in [7, 11) is 0. The minimum absolute atomic E-state index is 0.0363. The number of pyridine rings is 1. The molecule has 0 fully saturated rings. The summed E-state index contributed by atoms with van der Waals surface area (Å²) in [5.41, 5.74) is 2.58. The van der Waals surface area contributed by atoms with Gasteiger partial charge in [0.05, 0.1) is 24.3 Å². The molecule has 0 aliphatic rings. The zero-order valence-corrected chi connectivity index (χ0v) is 14.3. The topological polar surface area (TPSA) is 33.2 Å². The van der Waals surface area contributed by atoms with Crippen molar-refractivity contribution in [2.45, 2.75) is 19.9 Å². The van der Waals surface area contributed by atoms with Crippen LogP contribution in [0.2, 0.25) is 0 Å². The van der Waals surface area contributed by atoms with E-state index in [1.165, 1.54) is 11.0 Å². The summed E-state index contributed by atoms with van der Waals surface area (Å²) in [6.07, 6.45) is 1.73. The molecule has 0 saturated heterocycles. The van der Waals surface area contributed by atoms with E-state index in [1.807, 2.05) is 31.2 Å². The first kappa shape index (κ1) is 17.7. The van der Waals surface area contributed by atoms with E-state index < -0.39 is 11.6 Å². The van der Waals surface area contributed by atoms with Gasteiger partial charge in [-0.05, 0) is 36.8 Å². The third kappa shape index (κ3) is 4.30. The second-order valence-corrected chi connectivity index (χ2v) is 6.06. The molecule has 3 rings (SSSR count). The number of hydrogen-bond donors (Lipinski definition) is 0. The van der Waals surface area contributed by atoms with Crippen molar-refractivity contribution in [1.82, 2.24) is 4.98 Å². The van der Waals surface area contributed by atoms with Gasteiger partial charge < -0.3 is 4.90 Å². The fraction of sp³-hybridized carbons (Fsp3) is 0.143. The molecule has 3 aromatic rings. The van der Waals surface area contributed by atoms with Crippen molar-refractivity contribution in [2.75, 3.05) is 4.90 Å². The zero-order valence-electron chi connectivity index (χ0n) is 14.3. The molecule has 2 aromatic carbocycles. The Kier molecular flexibility index (Phi) is 5.37. The molecular weight excluding hydrogens is 334 g/mol. The van der Waals surface area contributed by atoms with Gasteiger partial charge in [-0.2, -0.15) is 0 Å². The summed E-state index contributed by atoms with van der Waals surface area (Å²) >= 11 is 0. The Morgan fingerprint density at radius 1 is 1.04 bits per heavy atom. The molecule has 3 nitrogen and oxygen atoms in total. The highest BCUT2D eigenvalue weighted by Crippen LogP contribution is 2.23. The van der Waals surface area contributed by atoms with Crippen LogP contribution in [0.1, 0.15) is 16.8 Å². The lowest BCUT2D eigenvalue weighted by Gasteiger charge is -2.23. The zero-order chi connectivity index (χ0) is 18.5. The molecule has 1 aromatic heterocycles. The Balaban J connectivity index is 1.91. The highest BCUT2D eigenvalue weighted by atomic mass is 19.1. The van der Waals surface area contributed by atoms with Gasteiger partial charge in [-0.25, -0.2) is 8.78 Å². The van der Waals surface area contributed by atoms with E-state index in [0.717, 1.165) is 23.3 Å². The van der Waals surface area contributed by atoms with Crippen LogP contribution in [0.3, 0.4) is 0 Å². The molecule has 0 spiro atoms. The smallest absolute Gasteiger partial charge is 0.231 e. The lowest BCUT2D eigenvalue weighted by molar-refractivity contribution is -0.118. The van der Waals surface area contributed by atoms with Gasteiger partial charge >= 0.3 is 0 Å². The predicted molar refractivity (Wildman–Crippen MR) is 96.7 cm³/mol. The number of hydrogen-bond acceptors (Lipinski definition) is 2. The molecule has 1 heterocycles. The lowest BCUT2D eigenvalue weighted by Crippen LogP contribution is -2.32. The van der Waals surface area contributed by atoms with E-state index in [0.29, 0.717) is 5.69 Å². The molecule has 0 saturated carbocycles. The molecule has 0 radical (unpaired) electrons. The molecule has 0 aliphatic heterocycles. The first-order valence-electron chi connectivity index (χ1n) is 8.24. The largest absolute Gasteiger partial charge is 0.303 e. The Morgan fingerprint density at radius 2 is 1.81 bits per heavy atom. The van der Waals surface area contributed by atoms with E-state index in [2.05, 4.69) is 4.98 Å². The van der Waals surface area contributed by atoms with Crippen molar-refractivity contribution in [3.8, 4) is 0 Å². The van der Waals surface area contributed by atoms with Crippen LogP contribution in [0.5, 0.6) is 0 Å². The molecule has 0 unspecified atom stereocenters. The molecule has 0 N–H and O–H groups in total. The summed E-state index contributed by atoms with van der Waals surface area (Å²) in [5.74, 6) is -1.75. The van der Waals surface area contributed by atoms with E-state index in [1.54, 1.807) is 24.4 Å². The van der Waals surface area contributed by atoms with Crippen LogP contribution in [-0.2, 0) is 17.8 Å². The van der Waals surface area contributed by atoms with Crippen LogP contribution in [0.25, 0.3) is 0 Å². The number of aryl methyl sites for hydroxylation is 1. The van der Waals surface area contributed by atoms with Crippen molar-refractivity contribution in [1.29, 1.82) is 0 Å². The highest BCUT2D eigenvalue weighted by molar-refractivity contribution is 5.94. The van der Waals surface area contributed by atoms with Crippen molar-refractivity contribution in [3.05, 3.63) is 95.3 Å². The lowest BCUT2D eigenvalue weighted by atomic mass is 10.1. The number of amides is 1. The van der Waals surface area contributed by atoms with Crippen molar-refractivity contribution in [2.24, 2.45) is 0 Å². The predicted octanol–water partition coefficient (Wildman–Crippen LogP) is 4.44. The third-order valence-corrected chi connectivity index (χ3v) is 4.02. The van der Waals surface area contributed by atoms with E-state index in [9.17, 15) is 13.6 Å². The summed E-state index contributed by atoms with van der Waals surface area (Å²) in [6, 6.07) is 16.1. The summed E-state index contributed by atoms with van der Waals surface area (Å²) < 4.78 is 27.6. The Hall–Kier alpha value is -3.08. The second kappa shape index (κ2) is 7.87. The monoisotopic (exact) mass is 352 g/mol. The standard InChI is InChI=1S/C21H18F2N2O/c1-15-5-7-16(8-6-15)12-21(26)25(14-18-4-2-3-11-24-18)20-10-9-17(22)13-19(20)23/h2-11,13H,12,14H2,1H3. The number of nitrogens with zero attached hydrogens (tertiary/aromatic N) is 2. The van der Waals surface area contributed by atoms with Crippen LogP contribution in [0.15, 0.2) is 66.9 Å². The maximum Gasteiger partial charge on any atom is 0.231 e. The molecule has 1 amide bonds. The SMILES string of the molecule is Cc1ccc(CC(=O)N(Cc2ccccn2)c2ccc(F)cc2F)cc1. The minimum atomic E-state index is -0.779. The van der Waals surface area contributed by atoms with Gasteiger partial charge in [-0.15, -0.1) is 0 Å². The number of rotatable bonds is 5. The third-order valence-electron chi connectivity index (χ3n) is 4.02. The normalized spacial score (nSPS) is 10.6. The number of halogens is 2. The molecule has 0 aliphatic carbocycles. The highest BCUT2D eigenvalue weighted by Gasteiger charge is 2.21. The van der Waals surface area contributed by atoms with Gasteiger partial charge in [0.25, 0.3) is 0 Å². The number of aromatic nitrogens is 1. The summed E-state index contributed by atoms with van der Waals surface area (Å²) in [5, 5.41) is 0.